The molecule has 144 valence electrons. The SMILES string of the molecule is C.O=[N+]([O-])c1cccc(C(F)(F)F)c1.ONc1cccc(C(F)(F)F)c1. The molecular formula is C15H14F6N2O3. The lowest BCUT2D eigenvalue weighted by Crippen LogP contribution is -2.05. The van der Waals surface area contributed by atoms with E-state index in [0.717, 1.165) is 30.3 Å². The first kappa shape index (κ1) is 23.2. The molecule has 0 spiro atoms. The Hall–Kier alpha value is -2.82. The van der Waals surface area contributed by atoms with Crippen molar-refractivity contribution < 1.29 is 36.5 Å². The van der Waals surface area contributed by atoms with Crippen molar-refractivity contribution in [1.82, 2.24) is 0 Å². The smallest absolute Gasteiger partial charge is 0.291 e. The van der Waals surface area contributed by atoms with Crippen LogP contribution in [0.2, 0.25) is 0 Å². The maximum Gasteiger partial charge on any atom is 0.416 e. The molecule has 0 aliphatic heterocycles. The summed E-state index contributed by atoms with van der Waals surface area (Å²) in [6, 6.07) is 7.58. The lowest BCUT2D eigenvalue weighted by atomic mass is 10.2. The Morgan fingerprint density at radius 1 is 0.885 bits per heavy atom. The third-order valence-electron chi connectivity index (χ3n) is 2.70. The summed E-state index contributed by atoms with van der Waals surface area (Å²) in [5, 5.41) is 18.4. The minimum atomic E-state index is -4.54. The first-order valence-corrected chi connectivity index (χ1v) is 6.34. The van der Waals surface area contributed by atoms with Crippen LogP contribution in [-0.4, -0.2) is 10.1 Å². The first-order valence-electron chi connectivity index (χ1n) is 6.34. The van der Waals surface area contributed by atoms with E-state index < -0.39 is 34.1 Å². The van der Waals surface area contributed by atoms with Crippen LogP contribution in [0.3, 0.4) is 0 Å². The molecule has 2 aromatic rings. The third-order valence-corrected chi connectivity index (χ3v) is 2.70. The number of nitro benzene ring substituents is 1. The highest BCUT2D eigenvalue weighted by atomic mass is 19.4. The number of rotatable bonds is 2. The highest BCUT2D eigenvalue weighted by Gasteiger charge is 2.31. The summed E-state index contributed by atoms with van der Waals surface area (Å²) < 4.78 is 72.0. The molecule has 26 heavy (non-hydrogen) atoms. The first-order chi connectivity index (χ1) is 11.4. The van der Waals surface area contributed by atoms with Gasteiger partial charge in [-0.1, -0.05) is 19.6 Å². The average molecular weight is 384 g/mol. The van der Waals surface area contributed by atoms with Crippen molar-refractivity contribution >= 4 is 11.4 Å². The number of hydrogen-bond acceptors (Lipinski definition) is 4. The van der Waals surface area contributed by atoms with Crippen LogP contribution in [0.15, 0.2) is 48.5 Å². The van der Waals surface area contributed by atoms with Crippen molar-refractivity contribution in [3.05, 3.63) is 69.8 Å². The maximum atomic E-state index is 12.0. The Balaban J connectivity index is 0.000000464. The topological polar surface area (TPSA) is 75.4 Å². The van der Waals surface area contributed by atoms with Crippen LogP contribution in [-0.2, 0) is 12.4 Å². The number of anilines is 1. The van der Waals surface area contributed by atoms with Crippen LogP contribution in [0.25, 0.3) is 0 Å². The second-order valence-corrected chi connectivity index (χ2v) is 4.50. The van der Waals surface area contributed by atoms with Gasteiger partial charge < -0.3 is 0 Å². The Kier molecular flexibility index (Phi) is 8.06. The maximum absolute atomic E-state index is 12.0. The van der Waals surface area contributed by atoms with E-state index in [-0.39, 0.29) is 13.1 Å². The van der Waals surface area contributed by atoms with Crippen molar-refractivity contribution in [2.24, 2.45) is 0 Å². The molecule has 2 rings (SSSR count). The molecule has 0 aromatic heterocycles. The van der Waals surface area contributed by atoms with Gasteiger partial charge in [-0.05, 0) is 24.3 Å². The van der Waals surface area contributed by atoms with Crippen molar-refractivity contribution in [3.63, 3.8) is 0 Å². The van der Waals surface area contributed by atoms with Crippen LogP contribution in [0, 0.1) is 10.1 Å². The van der Waals surface area contributed by atoms with E-state index in [2.05, 4.69) is 0 Å². The molecule has 11 heteroatoms. The van der Waals surface area contributed by atoms with Gasteiger partial charge in [-0.15, -0.1) is 0 Å². The van der Waals surface area contributed by atoms with Crippen molar-refractivity contribution in [2.45, 2.75) is 19.8 Å². The number of nitro groups is 1. The van der Waals surface area contributed by atoms with Gasteiger partial charge in [0.1, 0.15) is 0 Å². The zero-order chi connectivity index (χ0) is 19.3. The Morgan fingerprint density at radius 2 is 1.35 bits per heavy atom. The van der Waals surface area contributed by atoms with E-state index in [4.69, 9.17) is 5.21 Å². The molecule has 2 N–H and O–H groups in total. The molecule has 0 aliphatic rings. The van der Waals surface area contributed by atoms with E-state index in [1.54, 1.807) is 5.48 Å². The predicted octanol–water partition coefficient (Wildman–Crippen LogP) is 5.76. The Morgan fingerprint density at radius 3 is 1.77 bits per heavy atom. The molecule has 0 fully saturated rings. The molecule has 0 aliphatic carbocycles. The second-order valence-electron chi connectivity index (χ2n) is 4.50. The van der Waals surface area contributed by atoms with Gasteiger partial charge in [-0.25, -0.2) is 0 Å². The third kappa shape index (κ3) is 6.97. The number of nitrogens with zero attached hydrogens (tertiary/aromatic N) is 1. The summed E-state index contributed by atoms with van der Waals surface area (Å²) in [6.45, 7) is 0. The summed E-state index contributed by atoms with van der Waals surface area (Å²) >= 11 is 0. The predicted molar refractivity (Wildman–Crippen MR) is 81.7 cm³/mol. The van der Waals surface area contributed by atoms with Crippen molar-refractivity contribution in [2.75, 3.05) is 5.48 Å². The number of alkyl halides is 6. The molecule has 0 saturated heterocycles. The summed E-state index contributed by atoms with van der Waals surface area (Å²) in [5.41, 5.74) is -0.705. The minimum Gasteiger partial charge on any atom is -0.291 e. The Labute approximate surface area is 144 Å². The largest absolute Gasteiger partial charge is 0.416 e. The van der Waals surface area contributed by atoms with E-state index in [1.807, 2.05) is 0 Å². The van der Waals surface area contributed by atoms with Crippen LogP contribution >= 0.6 is 0 Å². The fourth-order valence-electron chi connectivity index (χ4n) is 1.56. The molecule has 0 atom stereocenters. The molecular weight excluding hydrogens is 370 g/mol. The van der Waals surface area contributed by atoms with Gasteiger partial charge in [0.05, 0.1) is 21.7 Å². The quantitative estimate of drug-likeness (QED) is 0.392. The standard InChI is InChI=1S/C7H4F3NO2.C7H6F3NO.CH4/c8-7(9,10)5-2-1-3-6(4-5)11(12)13;8-7(9,10)5-2-1-3-6(4-5)11-12;/h1-4H;1-4,11-12H;1H4. The van der Waals surface area contributed by atoms with Crippen LogP contribution < -0.4 is 5.48 Å². The fraction of sp³-hybridized carbons (Fsp3) is 0.200. The van der Waals surface area contributed by atoms with Gasteiger partial charge in [0.2, 0.25) is 0 Å². The molecule has 0 unspecified atom stereocenters. The molecule has 2 aromatic carbocycles. The van der Waals surface area contributed by atoms with E-state index >= 15 is 0 Å². The molecule has 0 bridgehead atoms. The molecule has 0 radical (unpaired) electrons. The molecule has 0 saturated carbocycles. The van der Waals surface area contributed by atoms with Crippen LogP contribution in [0.1, 0.15) is 18.6 Å². The molecule has 5 nitrogen and oxygen atoms in total. The monoisotopic (exact) mass is 384 g/mol. The summed E-state index contributed by atoms with van der Waals surface area (Å²) in [4.78, 5) is 9.25. The van der Waals surface area contributed by atoms with E-state index in [9.17, 15) is 36.5 Å². The number of non-ortho nitro benzene ring substituents is 1. The van der Waals surface area contributed by atoms with Gasteiger partial charge in [0.25, 0.3) is 5.69 Å². The van der Waals surface area contributed by atoms with Crippen LogP contribution in [0.5, 0.6) is 0 Å². The highest BCUT2D eigenvalue weighted by Crippen LogP contribution is 2.31. The second kappa shape index (κ2) is 9.04. The van der Waals surface area contributed by atoms with Gasteiger partial charge in [0, 0.05) is 12.1 Å². The lowest BCUT2D eigenvalue weighted by Gasteiger charge is -2.07. The van der Waals surface area contributed by atoms with Gasteiger partial charge in [-0.2, -0.15) is 26.3 Å². The number of hydrogen-bond donors (Lipinski definition) is 2. The fourth-order valence-corrected chi connectivity index (χ4v) is 1.56. The summed E-state index contributed by atoms with van der Waals surface area (Å²) in [7, 11) is 0. The normalized spacial score (nSPS) is 10.9. The van der Waals surface area contributed by atoms with Crippen LogP contribution in [0.4, 0.5) is 37.7 Å². The lowest BCUT2D eigenvalue weighted by molar-refractivity contribution is -0.385. The van der Waals surface area contributed by atoms with Gasteiger partial charge in [0.15, 0.2) is 0 Å². The van der Waals surface area contributed by atoms with Gasteiger partial charge in [-0.3, -0.25) is 20.8 Å². The Bertz CT molecular complexity index is 732. The average Bonchev–Trinajstić information content (AvgIpc) is 2.54. The highest BCUT2D eigenvalue weighted by molar-refractivity contribution is 5.44. The zero-order valence-electron chi connectivity index (χ0n) is 12.1. The van der Waals surface area contributed by atoms with Crippen molar-refractivity contribution in [1.29, 1.82) is 0 Å². The van der Waals surface area contributed by atoms with E-state index in [0.29, 0.717) is 6.07 Å². The van der Waals surface area contributed by atoms with Gasteiger partial charge >= 0.3 is 12.4 Å². The summed E-state index contributed by atoms with van der Waals surface area (Å²) in [6.07, 6.45) is -8.90. The van der Waals surface area contributed by atoms with E-state index in [1.165, 1.54) is 12.1 Å². The van der Waals surface area contributed by atoms with Crippen molar-refractivity contribution in [3.8, 4) is 0 Å². The summed E-state index contributed by atoms with van der Waals surface area (Å²) in [5.74, 6) is 0. The molecule has 0 heterocycles. The number of nitrogens with one attached hydrogen (secondary N) is 1. The number of benzene rings is 2. The molecule has 0 amide bonds. The zero-order valence-corrected chi connectivity index (χ0v) is 12.1. The number of halogens is 6. The minimum absolute atomic E-state index is 0.